The van der Waals surface area contributed by atoms with Gasteiger partial charge in [-0.05, 0) is 56.3 Å². The number of ether oxygens (including phenoxy) is 1. The van der Waals surface area contributed by atoms with Crippen molar-refractivity contribution in [2.45, 2.75) is 39.0 Å². The molecule has 0 radical (unpaired) electrons. The van der Waals surface area contributed by atoms with Crippen LogP contribution in [-0.2, 0) is 9.53 Å². The van der Waals surface area contributed by atoms with Crippen LogP contribution in [0, 0.1) is 5.92 Å². The summed E-state index contributed by atoms with van der Waals surface area (Å²) in [6.45, 7) is 8.68. The van der Waals surface area contributed by atoms with Gasteiger partial charge in [-0.15, -0.1) is 0 Å². The van der Waals surface area contributed by atoms with Crippen molar-refractivity contribution >= 4 is 19.1 Å². The highest BCUT2D eigenvalue weighted by molar-refractivity contribution is 7.77. The number of carbonyl (C=O) groups is 1. The van der Waals surface area contributed by atoms with E-state index in [1.807, 2.05) is 25.2 Å². The Kier molecular flexibility index (Phi) is 9.19. The molecule has 1 saturated heterocycles. The Morgan fingerprint density at radius 3 is 2.71 bits per heavy atom. The zero-order valence-corrected chi connectivity index (χ0v) is 13.9. The van der Waals surface area contributed by atoms with Gasteiger partial charge >= 0.3 is 0 Å². The maximum Gasteiger partial charge on any atom is 0.124 e. The molecule has 0 aromatic rings. The molecular formula is C17H27NO2S. The summed E-state index contributed by atoms with van der Waals surface area (Å²) in [6.07, 6.45) is 11.7. The van der Waals surface area contributed by atoms with Crippen LogP contribution in [0.15, 0.2) is 36.1 Å². The molecule has 0 saturated carbocycles. The maximum absolute atomic E-state index is 10.4. The van der Waals surface area contributed by atoms with E-state index in [0.717, 1.165) is 49.7 Å². The minimum absolute atomic E-state index is 0.372. The number of thiol groups is 1. The lowest BCUT2D eigenvalue weighted by Crippen LogP contribution is -2.26. The molecular weight excluding hydrogens is 282 g/mol. The fraction of sp³-hybridized carbons (Fsp3) is 0.588. The molecule has 1 heterocycles. The molecule has 4 heteroatoms. The third-order valence-electron chi connectivity index (χ3n) is 3.73. The summed E-state index contributed by atoms with van der Waals surface area (Å²) in [5.74, 6) is 1.65. The fourth-order valence-electron chi connectivity index (χ4n) is 2.37. The molecule has 0 atom stereocenters. The third-order valence-corrected chi connectivity index (χ3v) is 4.13. The summed E-state index contributed by atoms with van der Waals surface area (Å²) in [5, 5.41) is 0. The average molecular weight is 309 g/mol. The second kappa shape index (κ2) is 10.7. The largest absolute Gasteiger partial charge is 0.494 e. The number of aldehydes is 1. The first-order valence-electron chi connectivity index (χ1n) is 7.68. The van der Waals surface area contributed by atoms with Crippen LogP contribution in [0.25, 0.3) is 0 Å². The summed E-state index contributed by atoms with van der Waals surface area (Å²) in [5.41, 5.74) is 0.798. The molecule has 1 rings (SSSR count). The molecule has 0 aromatic carbocycles. The molecule has 0 unspecified atom stereocenters. The van der Waals surface area contributed by atoms with Crippen molar-refractivity contribution < 1.29 is 9.53 Å². The van der Waals surface area contributed by atoms with Gasteiger partial charge in [-0.3, -0.25) is 4.31 Å². The Morgan fingerprint density at radius 2 is 2.10 bits per heavy atom. The molecule has 21 heavy (non-hydrogen) atoms. The van der Waals surface area contributed by atoms with E-state index < -0.39 is 0 Å². The molecule has 1 aliphatic rings. The average Bonchev–Trinajstić information content (AvgIpc) is 2.48. The number of nitrogens with zero attached hydrogens (tertiary/aromatic N) is 1. The number of rotatable bonds is 9. The second-order valence-electron chi connectivity index (χ2n) is 5.44. The van der Waals surface area contributed by atoms with Gasteiger partial charge in [0.1, 0.15) is 12.0 Å². The van der Waals surface area contributed by atoms with Crippen LogP contribution in [-0.4, -0.2) is 30.3 Å². The topological polar surface area (TPSA) is 29.5 Å². The smallest absolute Gasteiger partial charge is 0.124 e. The van der Waals surface area contributed by atoms with Gasteiger partial charge in [0.05, 0.1) is 6.61 Å². The number of carbonyl (C=O) groups excluding carboxylic acids is 1. The van der Waals surface area contributed by atoms with Crippen LogP contribution >= 0.6 is 12.8 Å². The number of hydrogen-bond acceptors (Lipinski definition) is 4. The standard InChI is InChI=1S/C17H27NO2S/c1-3-17(7-6-15(2)10-13-19)20-14-4-5-16-8-11-18(21)12-9-16/h3,6-7,13,16,21H,2,4-5,8-12,14H2,1H3/b7-6-,17-3+. The lowest BCUT2D eigenvalue weighted by molar-refractivity contribution is -0.107. The minimum atomic E-state index is 0.372. The summed E-state index contributed by atoms with van der Waals surface area (Å²) >= 11 is 4.37. The van der Waals surface area contributed by atoms with E-state index in [2.05, 4.69) is 23.7 Å². The van der Waals surface area contributed by atoms with E-state index in [-0.39, 0.29) is 0 Å². The van der Waals surface area contributed by atoms with Crippen molar-refractivity contribution in [3.05, 3.63) is 36.1 Å². The van der Waals surface area contributed by atoms with Gasteiger partial charge in [-0.25, -0.2) is 0 Å². The van der Waals surface area contributed by atoms with E-state index in [1.54, 1.807) is 0 Å². The van der Waals surface area contributed by atoms with Crippen LogP contribution in [0.1, 0.15) is 39.0 Å². The van der Waals surface area contributed by atoms with Crippen molar-refractivity contribution in [3.63, 3.8) is 0 Å². The van der Waals surface area contributed by atoms with Gasteiger partial charge in [0.2, 0.25) is 0 Å². The quantitative estimate of drug-likeness (QED) is 0.230. The minimum Gasteiger partial charge on any atom is -0.494 e. The first kappa shape index (κ1) is 18.1. The van der Waals surface area contributed by atoms with Crippen LogP contribution < -0.4 is 0 Å². The molecule has 1 aliphatic heterocycles. The van der Waals surface area contributed by atoms with Gasteiger partial charge in [0.25, 0.3) is 0 Å². The molecule has 1 fully saturated rings. The Hall–Kier alpha value is -1.00. The van der Waals surface area contributed by atoms with Crippen molar-refractivity contribution in [1.29, 1.82) is 0 Å². The van der Waals surface area contributed by atoms with E-state index >= 15 is 0 Å². The normalized spacial score (nSPS) is 18.1. The summed E-state index contributed by atoms with van der Waals surface area (Å²) in [4.78, 5) is 10.4. The maximum atomic E-state index is 10.4. The van der Waals surface area contributed by atoms with E-state index in [1.165, 1.54) is 19.3 Å². The number of hydrogen-bond donors (Lipinski definition) is 1. The SMILES string of the molecule is C=C(/C=C\C(=C/C)OCCCC1CCN(S)CC1)CC=O. The highest BCUT2D eigenvalue weighted by Crippen LogP contribution is 2.22. The Balaban J connectivity index is 2.17. The number of allylic oxidation sites excluding steroid dienone is 4. The molecule has 0 N–H and O–H groups in total. The van der Waals surface area contributed by atoms with Gasteiger partial charge in [0.15, 0.2) is 0 Å². The van der Waals surface area contributed by atoms with Crippen LogP contribution in [0.5, 0.6) is 0 Å². The zero-order valence-electron chi connectivity index (χ0n) is 13.0. The highest BCUT2D eigenvalue weighted by atomic mass is 32.1. The van der Waals surface area contributed by atoms with E-state index in [0.29, 0.717) is 6.42 Å². The third kappa shape index (κ3) is 8.12. The molecule has 0 amide bonds. The summed E-state index contributed by atoms with van der Waals surface area (Å²) < 4.78 is 7.85. The monoisotopic (exact) mass is 309 g/mol. The summed E-state index contributed by atoms with van der Waals surface area (Å²) in [6, 6.07) is 0. The molecule has 0 bridgehead atoms. The Labute approximate surface area is 134 Å². The first-order valence-corrected chi connectivity index (χ1v) is 8.08. The van der Waals surface area contributed by atoms with Crippen LogP contribution in [0.4, 0.5) is 0 Å². The molecule has 0 spiro atoms. The van der Waals surface area contributed by atoms with Gasteiger partial charge in [-0.2, -0.15) is 0 Å². The Morgan fingerprint density at radius 1 is 1.38 bits per heavy atom. The fourth-order valence-corrected chi connectivity index (χ4v) is 2.60. The zero-order chi connectivity index (χ0) is 15.5. The Bertz CT molecular complexity index is 382. The molecule has 0 aliphatic carbocycles. The predicted octanol–water partition coefficient (Wildman–Crippen LogP) is 3.95. The van der Waals surface area contributed by atoms with Crippen molar-refractivity contribution in [3.8, 4) is 0 Å². The highest BCUT2D eigenvalue weighted by Gasteiger charge is 2.16. The van der Waals surface area contributed by atoms with Crippen LogP contribution in [0.2, 0.25) is 0 Å². The molecule has 0 aromatic heterocycles. The van der Waals surface area contributed by atoms with Crippen LogP contribution in [0.3, 0.4) is 0 Å². The second-order valence-corrected chi connectivity index (χ2v) is 6.01. The summed E-state index contributed by atoms with van der Waals surface area (Å²) in [7, 11) is 0. The lowest BCUT2D eigenvalue weighted by atomic mass is 9.93. The van der Waals surface area contributed by atoms with Crippen molar-refractivity contribution in [2.24, 2.45) is 5.92 Å². The molecule has 3 nitrogen and oxygen atoms in total. The van der Waals surface area contributed by atoms with Gasteiger partial charge < -0.3 is 9.53 Å². The molecule has 118 valence electrons. The van der Waals surface area contributed by atoms with E-state index in [4.69, 9.17) is 4.74 Å². The first-order chi connectivity index (χ1) is 10.2. The lowest BCUT2D eigenvalue weighted by Gasteiger charge is -2.27. The van der Waals surface area contributed by atoms with Gasteiger partial charge in [-0.1, -0.05) is 25.5 Å². The predicted molar refractivity (Wildman–Crippen MR) is 91.2 cm³/mol. The van der Waals surface area contributed by atoms with Crippen molar-refractivity contribution in [1.82, 2.24) is 4.31 Å². The van der Waals surface area contributed by atoms with E-state index in [9.17, 15) is 4.79 Å². The van der Waals surface area contributed by atoms with Gasteiger partial charge in [0, 0.05) is 19.5 Å². The number of piperidine rings is 1. The van der Waals surface area contributed by atoms with Crippen molar-refractivity contribution in [2.75, 3.05) is 19.7 Å².